The predicted molar refractivity (Wildman–Crippen MR) is 74.5 cm³/mol. The Kier molecular flexibility index (Phi) is 6.72. The monoisotopic (exact) mass is 291 g/mol. The number of halogens is 3. The molecule has 0 fully saturated rings. The number of hydrogen-bond acceptors (Lipinski definition) is 2. The first-order valence-electron chi connectivity index (χ1n) is 6.52. The average Bonchev–Trinajstić information content (AvgIpc) is 2.36. The summed E-state index contributed by atoms with van der Waals surface area (Å²) in [5.74, 6) is 0.705. The smallest absolute Gasteiger partial charge is 0.313 e. The van der Waals surface area contributed by atoms with Crippen LogP contribution in [0.2, 0.25) is 0 Å². The van der Waals surface area contributed by atoms with Crippen LogP contribution in [0.3, 0.4) is 0 Å². The predicted octanol–water partition coefficient (Wildman–Crippen LogP) is 4.71. The minimum absolute atomic E-state index is 0.327. The molecule has 1 N–H and O–H groups in total. The minimum atomic E-state index is -4.28. The van der Waals surface area contributed by atoms with Gasteiger partial charge in [-0.15, -0.1) is 11.8 Å². The fourth-order valence-electron chi connectivity index (χ4n) is 1.66. The highest BCUT2D eigenvalue weighted by atomic mass is 32.2. The molecule has 0 aliphatic heterocycles. The lowest BCUT2D eigenvalue weighted by atomic mass is 10.1. The van der Waals surface area contributed by atoms with Crippen molar-refractivity contribution in [1.29, 1.82) is 0 Å². The quantitative estimate of drug-likeness (QED) is 0.577. The van der Waals surface area contributed by atoms with E-state index in [2.05, 4.69) is 5.32 Å². The van der Waals surface area contributed by atoms with Gasteiger partial charge in [-0.2, -0.15) is 13.2 Å². The Labute approximate surface area is 117 Å². The molecule has 108 valence electrons. The molecule has 1 aromatic carbocycles. The largest absolute Gasteiger partial charge is 0.417 e. The summed E-state index contributed by atoms with van der Waals surface area (Å²) in [6.45, 7) is 5.28. The molecule has 0 aliphatic rings. The van der Waals surface area contributed by atoms with Crippen molar-refractivity contribution in [2.75, 3.05) is 12.3 Å². The standard InChI is InChI=1S/C14H20F3NS/c1-3-7-18-10-11-5-6-13(19-8-4-2)12(9-11)14(15,16)17/h5-6,9,18H,3-4,7-8,10H2,1-2H3. The van der Waals surface area contributed by atoms with E-state index in [0.29, 0.717) is 22.8 Å². The third kappa shape index (κ3) is 5.45. The lowest BCUT2D eigenvalue weighted by Crippen LogP contribution is -2.15. The first-order chi connectivity index (χ1) is 8.99. The van der Waals surface area contributed by atoms with Crippen LogP contribution in [0, 0.1) is 0 Å². The van der Waals surface area contributed by atoms with Crippen molar-refractivity contribution in [2.24, 2.45) is 0 Å². The molecule has 19 heavy (non-hydrogen) atoms. The summed E-state index contributed by atoms with van der Waals surface area (Å²) in [5.41, 5.74) is 0.170. The van der Waals surface area contributed by atoms with Crippen LogP contribution >= 0.6 is 11.8 Å². The molecule has 1 nitrogen and oxygen atoms in total. The van der Waals surface area contributed by atoms with Gasteiger partial charge in [0, 0.05) is 11.4 Å². The fourth-order valence-corrected chi connectivity index (χ4v) is 2.57. The van der Waals surface area contributed by atoms with E-state index in [0.717, 1.165) is 19.4 Å². The highest BCUT2D eigenvalue weighted by Gasteiger charge is 2.33. The van der Waals surface area contributed by atoms with Crippen molar-refractivity contribution in [1.82, 2.24) is 5.32 Å². The van der Waals surface area contributed by atoms with Gasteiger partial charge in [-0.25, -0.2) is 0 Å². The van der Waals surface area contributed by atoms with Crippen LogP contribution in [0.5, 0.6) is 0 Å². The third-order valence-corrected chi connectivity index (χ3v) is 3.85. The molecular weight excluding hydrogens is 271 g/mol. The molecule has 0 unspecified atom stereocenters. The van der Waals surface area contributed by atoms with E-state index in [1.807, 2.05) is 13.8 Å². The maximum atomic E-state index is 13.0. The van der Waals surface area contributed by atoms with Gasteiger partial charge in [0.1, 0.15) is 0 Å². The lowest BCUT2D eigenvalue weighted by Gasteiger charge is -2.14. The summed E-state index contributed by atoms with van der Waals surface area (Å²) in [5, 5.41) is 3.12. The second-order valence-electron chi connectivity index (χ2n) is 4.35. The van der Waals surface area contributed by atoms with Gasteiger partial charge in [-0.1, -0.05) is 19.9 Å². The molecule has 0 aromatic heterocycles. The highest BCUT2D eigenvalue weighted by Crippen LogP contribution is 2.37. The molecular formula is C14H20F3NS. The fraction of sp³-hybridized carbons (Fsp3) is 0.571. The molecule has 0 aliphatic carbocycles. The van der Waals surface area contributed by atoms with Gasteiger partial charge in [0.15, 0.2) is 0 Å². The molecule has 0 bridgehead atoms. The van der Waals surface area contributed by atoms with Crippen molar-refractivity contribution in [3.63, 3.8) is 0 Å². The maximum Gasteiger partial charge on any atom is 0.417 e. The van der Waals surface area contributed by atoms with Crippen molar-refractivity contribution in [2.45, 2.75) is 44.3 Å². The van der Waals surface area contributed by atoms with E-state index in [1.54, 1.807) is 12.1 Å². The van der Waals surface area contributed by atoms with E-state index in [1.165, 1.54) is 17.8 Å². The van der Waals surface area contributed by atoms with E-state index in [4.69, 9.17) is 0 Å². The van der Waals surface area contributed by atoms with Gasteiger partial charge in [0.2, 0.25) is 0 Å². The Balaban J connectivity index is 2.88. The Morgan fingerprint density at radius 3 is 2.47 bits per heavy atom. The second kappa shape index (κ2) is 7.80. The molecule has 0 amide bonds. The van der Waals surface area contributed by atoms with Gasteiger partial charge in [0.05, 0.1) is 5.56 Å². The average molecular weight is 291 g/mol. The van der Waals surface area contributed by atoms with Crippen LogP contribution in [-0.2, 0) is 12.7 Å². The summed E-state index contributed by atoms with van der Waals surface area (Å²) in [6.07, 6.45) is -2.45. The minimum Gasteiger partial charge on any atom is -0.313 e. The van der Waals surface area contributed by atoms with Crippen LogP contribution in [0.1, 0.15) is 37.8 Å². The number of nitrogens with one attached hydrogen (secondary N) is 1. The van der Waals surface area contributed by atoms with Crippen LogP contribution in [0.4, 0.5) is 13.2 Å². The van der Waals surface area contributed by atoms with Crippen LogP contribution in [0.25, 0.3) is 0 Å². The molecule has 0 saturated carbocycles. The van der Waals surface area contributed by atoms with Gasteiger partial charge in [-0.3, -0.25) is 0 Å². The Morgan fingerprint density at radius 1 is 1.16 bits per heavy atom. The number of benzene rings is 1. The Hall–Kier alpha value is -0.680. The van der Waals surface area contributed by atoms with Crippen LogP contribution in [0.15, 0.2) is 23.1 Å². The zero-order chi connectivity index (χ0) is 14.3. The molecule has 1 rings (SSSR count). The molecule has 5 heteroatoms. The number of rotatable bonds is 7. The Bertz CT molecular complexity index is 391. The lowest BCUT2D eigenvalue weighted by molar-refractivity contribution is -0.139. The topological polar surface area (TPSA) is 12.0 Å². The first kappa shape index (κ1) is 16.4. The van der Waals surface area contributed by atoms with Crippen molar-refractivity contribution in [3.8, 4) is 0 Å². The van der Waals surface area contributed by atoms with Gasteiger partial charge >= 0.3 is 6.18 Å². The van der Waals surface area contributed by atoms with E-state index < -0.39 is 11.7 Å². The molecule has 1 aromatic rings. The summed E-state index contributed by atoms with van der Waals surface area (Å²) in [4.78, 5) is 0.327. The summed E-state index contributed by atoms with van der Waals surface area (Å²) in [7, 11) is 0. The van der Waals surface area contributed by atoms with E-state index >= 15 is 0 Å². The van der Waals surface area contributed by atoms with Crippen molar-refractivity contribution in [3.05, 3.63) is 29.3 Å². The zero-order valence-electron chi connectivity index (χ0n) is 11.3. The molecule has 0 heterocycles. The second-order valence-corrected chi connectivity index (χ2v) is 5.49. The van der Waals surface area contributed by atoms with Gasteiger partial charge in [0.25, 0.3) is 0 Å². The number of hydrogen-bond donors (Lipinski definition) is 1. The zero-order valence-corrected chi connectivity index (χ0v) is 12.1. The molecule has 0 atom stereocenters. The molecule has 0 saturated heterocycles. The van der Waals surface area contributed by atoms with Crippen molar-refractivity contribution >= 4 is 11.8 Å². The number of alkyl halides is 3. The molecule has 0 radical (unpaired) electrons. The first-order valence-corrected chi connectivity index (χ1v) is 7.51. The van der Waals surface area contributed by atoms with Crippen LogP contribution < -0.4 is 5.32 Å². The maximum absolute atomic E-state index is 13.0. The van der Waals surface area contributed by atoms with Crippen LogP contribution in [-0.4, -0.2) is 12.3 Å². The van der Waals surface area contributed by atoms with Gasteiger partial charge < -0.3 is 5.32 Å². The third-order valence-electron chi connectivity index (χ3n) is 2.57. The summed E-state index contributed by atoms with van der Waals surface area (Å²) < 4.78 is 39.0. The number of thioether (sulfide) groups is 1. The van der Waals surface area contributed by atoms with E-state index in [9.17, 15) is 13.2 Å². The SMILES string of the molecule is CCCNCc1ccc(SCCC)c(C(F)(F)F)c1. The Morgan fingerprint density at radius 2 is 1.89 bits per heavy atom. The van der Waals surface area contributed by atoms with Crippen molar-refractivity contribution < 1.29 is 13.2 Å². The summed E-state index contributed by atoms with van der Waals surface area (Å²) >= 11 is 1.27. The normalized spacial score (nSPS) is 11.8. The molecule has 0 spiro atoms. The van der Waals surface area contributed by atoms with E-state index in [-0.39, 0.29) is 0 Å². The highest BCUT2D eigenvalue weighted by molar-refractivity contribution is 7.99. The summed E-state index contributed by atoms with van der Waals surface area (Å²) in [6, 6.07) is 4.63. The van der Waals surface area contributed by atoms with Gasteiger partial charge in [-0.05, 0) is 42.8 Å².